The lowest BCUT2D eigenvalue weighted by Gasteiger charge is -2.21. The molecule has 1 unspecified atom stereocenters. The van der Waals surface area contributed by atoms with Crippen molar-refractivity contribution in [3.8, 4) is 5.75 Å². The molecule has 0 fully saturated rings. The highest BCUT2D eigenvalue weighted by Crippen LogP contribution is 2.33. The van der Waals surface area contributed by atoms with E-state index in [1.165, 1.54) is 0 Å². The second-order valence-electron chi connectivity index (χ2n) is 4.65. The molecule has 0 aliphatic carbocycles. The van der Waals surface area contributed by atoms with Crippen LogP contribution in [0, 0.1) is 5.92 Å². The molecule has 0 saturated heterocycles. The standard InChI is InChI=1S/C13H15NO4/c1-7(2)12(13(16)17)8-3-4-10-9(5-8)14-11(15)6-18-10/h3-5,7,12H,6H2,1-2H3,(H,14,15)(H,16,17). The molecule has 1 amide bonds. The maximum atomic E-state index is 11.3. The van der Waals surface area contributed by atoms with Gasteiger partial charge in [-0.3, -0.25) is 9.59 Å². The van der Waals surface area contributed by atoms with Crippen molar-refractivity contribution in [3.63, 3.8) is 0 Å². The van der Waals surface area contributed by atoms with Crippen LogP contribution in [-0.2, 0) is 9.59 Å². The fourth-order valence-corrected chi connectivity index (χ4v) is 2.11. The zero-order valence-electron chi connectivity index (χ0n) is 10.3. The number of carbonyl (C=O) groups is 2. The Kier molecular flexibility index (Phi) is 3.23. The molecular formula is C13H15NO4. The minimum absolute atomic E-state index is 0.00110. The molecule has 1 aliphatic rings. The van der Waals surface area contributed by atoms with Crippen LogP contribution in [0.25, 0.3) is 0 Å². The highest BCUT2D eigenvalue weighted by Gasteiger charge is 2.25. The zero-order valence-corrected chi connectivity index (χ0v) is 10.3. The number of carboxylic acid groups (broad SMARTS) is 1. The van der Waals surface area contributed by atoms with Gasteiger partial charge in [-0.25, -0.2) is 0 Å². The molecule has 1 atom stereocenters. The van der Waals surface area contributed by atoms with Gasteiger partial charge in [0.15, 0.2) is 6.61 Å². The minimum Gasteiger partial charge on any atom is -0.482 e. The Morgan fingerprint density at radius 1 is 1.44 bits per heavy atom. The molecule has 1 aromatic rings. The normalized spacial score (nSPS) is 15.6. The third kappa shape index (κ3) is 2.30. The third-order valence-corrected chi connectivity index (χ3v) is 2.93. The summed E-state index contributed by atoms with van der Waals surface area (Å²) < 4.78 is 5.23. The van der Waals surface area contributed by atoms with E-state index in [2.05, 4.69) is 5.32 Å². The molecule has 5 nitrogen and oxygen atoms in total. The topological polar surface area (TPSA) is 75.6 Å². The number of benzene rings is 1. The van der Waals surface area contributed by atoms with E-state index in [0.29, 0.717) is 17.0 Å². The van der Waals surface area contributed by atoms with Crippen molar-refractivity contribution in [2.24, 2.45) is 5.92 Å². The molecule has 0 saturated carbocycles. The summed E-state index contributed by atoms with van der Waals surface area (Å²) in [5, 5.41) is 11.9. The molecule has 1 heterocycles. The van der Waals surface area contributed by atoms with Crippen molar-refractivity contribution in [1.29, 1.82) is 0 Å². The third-order valence-electron chi connectivity index (χ3n) is 2.93. The van der Waals surface area contributed by atoms with E-state index in [9.17, 15) is 14.7 Å². The summed E-state index contributed by atoms with van der Waals surface area (Å²) in [4.78, 5) is 22.5. The highest BCUT2D eigenvalue weighted by molar-refractivity contribution is 5.95. The predicted molar refractivity (Wildman–Crippen MR) is 65.8 cm³/mol. The Morgan fingerprint density at radius 2 is 2.17 bits per heavy atom. The maximum Gasteiger partial charge on any atom is 0.311 e. The van der Waals surface area contributed by atoms with Gasteiger partial charge in [-0.15, -0.1) is 0 Å². The first kappa shape index (κ1) is 12.4. The largest absolute Gasteiger partial charge is 0.482 e. The van der Waals surface area contributed by atoms with Gasteiger partial charge in [0.05, 0.1) is 11.6 Å². The fraction of sp³-hybridized carbons (Fsp3) is 0.385. The van der Waals surface area contributed by atoms with Crippen molar-refractivity contribution >= 4 is 17.6 Å². The van der Waals surface area contributed by atoms with E-state index in [4.69, 9.17) is 4.74 Å². The Bertz CT molecular complexity index is 496. The van der Waals surface area contributed by atoms with Crippen molar-refractivity contribution in [2.45, 2.75) is 19.8 Å². The van der Waals surface area contributed by atoms with Crippen molar-refractivity contribution < 1.29 is 19.4 Å². The van der Waals surface area contributed by atoms with E-state index in [1.807, 2.05) is 13.8 Å². The number of carbonyl (C=O) groups excluding carboxylic acids is 1. The van der Waals surface area contributed by atoms with Crippen LogP contribution in [0.3, 0.4) is 0 Å². The minimum atomic E-state index is -0.868. The summed E-state index contributed by atoms with van der Waals surface area (Å²) in [6.07, 6.45) is 0. The molecule has 0 spiro atoms. The number of rotatable bonds is 3. The smallest absolute Gasteiger partial charge is 0.311 e. The van der Waals surface area contributed by atoms with Crippen LogP contribution < -0.4 is 10.1 Å². The molecule has 1 aromatic carbocycles. The number of hydrogen-bond donors (Lipinski definition) is 2. The number of fused-ring (bicyclic) bond motifs is 1. The number of ether oxygens (including phenoxy) is 1. The maximum absolute atomic E-state index is 11.3. The number of carboxylic acids is 1. The lowest BCUT2D eigenvalue weighted by molar-refractivity contribution is -0.139. The average molecular weight is 249 g/mol. The van der Waals surface area contributed by atoms with Gasteiger partial charge in [0.2, 0.25) is 0 Å². The fourth-order valence-electron chi connectivity index (χ4n) is 2.11. The van der Waals surface area contributed by atoms with Crippen LogP contribution in [0.4, 0.5) is 5.69 Å². The van der Waals surface area contributed by atoms with E-state index >= 15 is 0 Å². The molecule has 0 bridgehead atoms. The van der Waals surface area contributed by atoms with Crippen LogP contribution in [-0.4, -0.2) is 23.6 Å². The van der Waals surface area contributed by atoms with Crippen LogP contribution in [0.5, 0.6) is 5.75 Å². The van der Waals surface area contributed by atoms with E-state index in [1.54, 1.807) is 18.2 Å². The summed E-state index contributed by atoms with van der Waals surface area (Å²) in [6.45, 7) is 3.71. The van der Waals surface area contributed by atoms with Gasteiger partial charge in [0.25, 0.3) is 5.91 Å². The van der Waals surface area contributed by atoms with Crippen LogP contribution >= 0.6 is 0 Å². The first-order valence-electron chi connectivity index (χ1n) is 5.78. The number of nitrogens with one attached hydrogen (secondary N) is 1. The van der Waals surface area contributed by atoms with Gasteiger partial charge in [-0.05, 0) is 23.6 Å². The summed E-state index contributed by atoms with van der Waals surface area (Å²) in [5.74, 6) is -1.13. The highest BCUT2D eigenvalue weighted by atomic mass is 16.5. The van der Waals surface area contributed by atoms with E-state index in [0.717, 1.165) is 0 Å². The second kappa shape index (κ2) is 4.68. The van der Waals surface area contributed by atoms with Crippen molar-refractivity contribution in [1.82, 2.24) is 0 Å². The summed E-state index contributed by atoms with van der Waals surface area (Å²) in [5.41, 5.74) is 1.21. The quantitative estimate of drug-likeness (QED) is 0.857. The van der Waals surface area contributed by atoms with Crippen LogP contribution in [0.1, 0.15) is 25.3 Å². The van der Waals surface area contributed by atoms with Gasteiger partial charge < -0.3 is 15.2 Å². The lowest BCUT2D eigenvalue weighted by Crippen LogP contribution is -2.26. The Hall–Kier alpha value is -2.04. The van der Waals surface area contributed by atoms with Gasteiger partial charge >= 0.3 is 5.97 Å². The van der Waals surface area contributed by atoms with Gasteiger partial charge in [-0.1, -0.05) is 19.9 Å². The average Bonchev–Trinajstić information content (AvgIpc) is 2.27. The lowest BCUT2D eigenvalue weighted by atomic mass is 9.88. The number of hydrogen-bond acceptors (Lipinski definition) is 3. The van der Waals surface area contributed by atoms with E-state index in [-0.39, 0.29) is 18.4 Å². The molecule has 96 valence electrons. The molecule has 1 aliphatic heterocycles. The molecular weight excluding hydrogens is 234 g/mol. The van der Waals surface area contributed by atoms with Gasteiger partial charge in [0, 0.05) is 0 Å². The Morgan fingerprint density at radius 3 is 2.78 bits per heavy atom. The van der Waals surface area contributed by atoms with Crippen molar-refractivity contribution in [2.75, 3.05) is 11.9 Å². The zero-order chi connectivity index (χ0) is 13.3. The molecule has 2 rings (SSSR count). The van der Waals surface area contributed by atoms with Crippen molar-refractivity contribution in [3.05, 3.63) is 23.8 Å². The summed E-state index contributed by atoms with van der Waals surface area (Å²) >= 11 is 0. The Labute approximate surface area is 105 Å². The number of amides is 1. The van der Waals surface area contributed by atoms with Crippen LogP contribution in [0.15, 0.2) is 18.2 Å². The van der Waals surface area contributed by atoms with E-state index < -0.39 is 11.9 Å². The summed E-state index contributed by atoms with van der Waals surface area (Å²) in [6, 6.07) is 5.10. The molecule has 5 heteroatoms. The first-order chi connectivity index (χ1) is 8.49. The monoisotopic (exact) mass is 249 g/mol. The Balaban J connectivity index is 2.38. The van der Waals surface area contributed by atoms with Gasteiger partial charge in [0.1, 0.15) is 5.75 Å². The predicted octanol–water partition coefficient (Wildman–Crippen LogP) is 1.84. The summed E-state index contributed by atoms with van der Waals surface area (Å²) in [7, 11) is 0. The molecule has 2 N–H and O–H groups in total. The SMILES string of the molecule is CC(C)C(C(=O)O)c1ccc2c(c1)NC(=O)CO2. The number of aliphatic carboxylic acids is 1. The van der Waals surface area contributed by atoms with Crippen LogP contribution in [0.2, 0.25) is 0 Å². The molecule has 0 aromatic heterocycles. The second-order valence-corrected chi connectivity index (χ2v) is 4.65. The molecule has 0 radical (unpaired) electrons. The van der Waals surface area contributed by atoms with Gasteiger partial charge in [-0.2, -0.15) is 0 Å². The first-order valence-corrected chi connectivity index (χ1v) is 5.78. The molecule has 18 heavy (non-hydrogen) atoms. The number of anilines is 1.